The van der Waals surface area contributed by atoms with Gasteiger partial charge in [0, 0.05) is 3.42 Å². The summed E-state index contributed by atoms with van der Waals surface area (Å²) in [7, 11) is 0. The molecule has 1 saturated carbocycles. The third kappa shape index (κ3) is 4.57. The van der Waals surface area contributed by atoms with Crippen LogP contribution < -0.4 is 5.73 Å². The molecule has 1 aliphatic carbocycles. The van der Waals surface area contributed by atoms with E-state index >= 15 is 0 Å². The second-order valence-electron chi connectivity index (χ2n) is 5.69. The Labute approximate surface area is 135 Å². The standard InChI is InChI=1S/C17H24INO/c18-17(9-2-1-3-10-17)11-7-14-5-4-6-15(13-14)16(20)8-12-19/h4-7,11,13,16,20H,1-3,8-10,12,19H2/b11-7+. The van der Waals surface area contributed by atoms with Crippen molar-refractivity contribution in [2.75, 3.05) is 6.54 Å². The molecule has 0 bridgehead atoms. The second kappa shape index (κ2) is 7.57. The molecule has 0 saturated heterocycles. The van der Waals surface area contributed by atoms with Crippen LogP contribution in [0.4, 0.5) is 0 Å². The maximum atomic E-state index is 10.0. The minimum atomic E-state index is -0.448. The Bertz CT molecular complexity index is 452. The van der Waals surface area contributed by atoms with Gasteiger partial charge in [-0.25, -0.2) is 0 Å². The van der Waals surface area contributed by atoms with Gasteiger partial charge in [-0.3, -0.25) is 0 Å². The lowest BCUT2D eigenvalue weighted by atomic mass is 9.88. The van der Waals surface area contributed by atoms with Crippen LogP contribution in [0.15, 0.2) is 30.3 Å². The van der Waals surface area contributed by atoms with E-state index in [0.717, 1.165) is 5.56 Å². The second-order valence-corrected chi connectivity index (χ2v) is 7.84. The minimum Gasteiger partial charge on any atom is -0.388 e. The van der Waals surface area contributed by atoms with Gasteiger partial charge in [0.05, 0.1) is 6.10 Å². The largest absolute Gasteiger partial charge is 0.388 e. The molecule has 0 amide bonds. The number of halogens is 1. The van der Waals surface area contributed by atoms with Gasteiger partial charge in [0.25, 0.3) is 0 Å². The molecule has 1 aliphatic rings. The molecule has 0 spiro atoms. The third-order valence-electron chi connectivity index (χ3n) is 3.99. The molecule has 20 heavy (non-hydrogen) atoms. The zero-order chi connectivity index (χ0) is 14.4. The van der Waals surface area contributed by atoms with Gasteiger partial charge in [-0.2, -0.15) is 0 Å². The number of aliphatic hydroxyl groups is 1. The normalized spacial score (nSPS) is 20.1. The van der Waals surface area contributed by atoms with Gasteiger partial charge in [0.1, 0.15) is 0 Å². The SMILES string of the molecule is NCCC(O)c1cccc(/C=C/C2(I)CCCCC2)c1. The van der Waals surface area contributed by atoms with Crippen LogP contribution in [0.5, 0.6) is 0 Å². The summed E-state index contributed by atoms with van der Waals surface area (Å²) < 4.78 is 0.321. The molecule has 1 aromatic rings. The highest BCUT2D eigenvalue weighted by atomic mass is 127. The quantitative estimate of drug-likeness (QED) is 0.589. The molecule has 1 aromatic carbocycles. The van der Waals surface area contributed by atoms with Gasteiger partial charge in [-0.1, -0.05) is 72.2 Å². The predicted molar refractivity (Wildman–Crippen MR) is 93.9 cm³/mol. The summed E-state index contributed by atoms with van der Waals surface area (Å²) in [6, 6.07) is 8.14. The first-order chi connectivity index (χ1) is 9.63. The zero-order valence-corrected chi connectivity index (χ0v) is 14.1. The highest BCUT2D eigenvalue weighted by molar-refractivity contribution is 14.1. The third-order valence-corrected chi connectivity index (χ3v) is 5.43. The Morgan fingerprint density at radius 1 is 1.30 bits per heavy atom. The van der Waals surface area contributed by atoms with E-state index in [0.29, 0.717) is 16.4 Å². The first-order valence-electron chi connectivity index (χ1n) is 7.49. The van der Waals surface area contributed by atoms with Gasteiger partial charge in [-0.05, 0) is 43.0 Å². The minimum absolute atomic E-state index is 0.321. The van der Waals surface area contributed by atoms with Crippen molar-refractivity contribution in [3.8, 4) is 0 Å². The van der Waals surface area contributed by atoms with Crippen LogP contribution >= 0.6 is 22.6 Å². The number of aliphatic hydroxyl groups excluding tert-OH is 1. The van der Waals surface area contributed by atoms with Gasteiger partial charge in [-0.15, -0.1) is 0 Å². The lowest BCUT2D eigenvalue weighted by molar-refractivity contribution is 0.170. The lowest BCUT2D eigenvalue weighted by Gasteiger charge is -2.28. The fraction of sp³-hybridized carbons (Fsp3) is 0.529. The topological polar surface area (TPSA) is 46.2 Å². The molecule has 3 heteroatoms. The molecule has 0 aromatic heterocycles. The maximum absolute atomic E-state index is 10.0. The summed E-state index contributed by atoms with van der Waals surface area (Å²) >= 11 is 2.60. The van der Waals surface area contributed by atoms with Crippen molar-refractivity contribution in [2.24, 2.45) is 5.73 Å². The number of allylic oxidation sites excluding steroid dienone is 1. The van der Waals surface area contributed by atoms with Crippen molar-refractivity contribution in [2.45, 2.75) is 48.1 Å². The monoisotopic (exact) mass is 385 g/mol. The Morgan fingerprint density at radius 2 is 2.05 bits per heavy atom. The molecule has 1 fully saturated rings. The van der Waals surface area contributed by atoms with E-state index in [2.05, 4.69) is 46.9 Å². The van der Waals surface area contributed by atoms with Crippen molar-refractivity contribution in [3.63, 3.8) is 0 Å². The Balaban J connectivity index is 2.07. The summed E-state index contributed by atoms with van der Waals surface area (Å²) in [5, 5.41) is 10.0. The summed E-state index contributed by atoms with van der Waals surface area (Å²) in [6.45, 7) is 0.512. The first kappa shape index (κ1) is 16.0. The van der Waals surface area contributed by atoms with E-state index in [-0.39, 0.29) is 0 Å². The summed E-state index contributed by atoms with van der Waals surface area (Å²) in [6.07, 6.45) is 11.3. The van der Waals surface area contributed by atoms with Gasteiger partial charge in [0.15, 0.2) is 0 Å². The van der Waals surface area contributed by atoms with E-state index in [1.165, 1.54) is 37.7 Å². The van der Waals surface area contributed by atoms with E-state index < -0.39 is 6.10 Å². The zero-order valence-electron chi connectivity index (χ0n) is 11.9. The Hall–Kier alpha value is -0.390. The highest BCUT2D eigenvalue weighted by Gasteiger charge is 2.25. The number of hydrogen-bond donors (Lipinski definition) is 2. The van der Waals surface area contributed by atoms with Crippen LogP contribution in [0.3, 0.4) is 0 Å². The molecule has 1 atom stereocenters. The van der Waals surface area contributed by atoms with Crippen LogP contribution in [0.25, 0.3) is 6.08 Å². The van der Waals surface area contributed by atoms with E-state index in [1.54, 1.807) is 0 Å². The van der Waals surface area contributed by atoms with Crippen molar-refractivity contribution >= 4 is 28.7 Å². The molecule has 2 nitrogen and oxygen atoms in total. The average Bonchev–Trinajstić information content (AvgIpc) is 2.47. The highest BCUT2D eigenvalue weighted by Crippen LogP contribution is 2.38. The fourth-order valence-electron chi connectivity index (χ4n) is 2.75. The van der Waals surface area contributed by atoms with E-state index in [4.69, 9.17) is 5.73 Å². The van der Waals surface area contributed by atoms with Crippen molar-refractivity contribution in [3.05, 3.63) is 41.5 Å². The summed E-state index contributed by atoms with van der Waals surface area (Å²) in [5.41, 5.74) is 7.63. The van der Waals surface area contributed by atoms with Gasteiger partial charge >= 0.3 is 0 Å². The van der Waals surface area contributed by atoms with E-state index in [1.807, 2.05) is 12.1 Å². The van der Waals surface area contributed by atoms with Gasteiger partial charge in [0.2, 0.25) is 0 Å². The smallest absolute Gasteiger partial charge is 0.0802 e. The molecule has 3 N–H and O–H groups in total. The molecule has 0 radical (unpaired) electrons. The number of rotatable bonds is 5. The average molecular weight is 385 g/mol. The maximum Gasteiger partial charge on any atom is 0.0802 e. The number of benzene rings is 1. The predicted octanol–water partition coefficient (Wildman–Crippen LogP) is 4.22. The Morgan fingerprint density at radius 3 is 2.75 bits per heavy atom. The molecular weight excluding hydrogens is 361 g/mol. The summed E-state index contributed by atoms with van der Waals surface area (Å²) in [4.78, 5) is 0. The molecule has 2 rings (SSSR count). The lowest BCUT2D eigenvalue weighted by Crippen LogP contribution is -2.20. The summed E-state index contributed by atoms with van der Waals surface area (Å²) in [5.74, 6) is 0. The van der Waals surface area contributed by atoms with Gasteiger partial charge < -0.3 is 10.8 Å². The molecule has 110 valence electrons. The number of nitrogens with two attached hydrogens (primary N) is 1. The van der Waals surface area contributed by atoms with Crippen LogP contribution in [-0.2, 0) is 0 Å². The molecular formula is C17H24INO. The number of hydrogen-bond acceptors (Lipinski definition) is 2. The Kier molecular flexibility index (Phi) is 6.05. The van der Waals surface area contributed by atoms with Crippen molar-refractivity contribution in [1.29, 1.82) is 0 Å². The molecule has 1 unspecified atom stereocenters. The van der Waals surface area contributed by atoms with Crippen LogP contribution in [0.2, 0.25) is 0 Å². The first-order valence-corrected chi connectivity index (χ1v) is 8.57. The number of alkyl halides is 1. The van der Waals surface area contributed by atoms with Crippen LogP contribution in [0, 0.1) is 0 Å². The van der Waals surface area contributed by atoms with Crippen LogP contribution in [-0.4, -0.2) is 15.1 Å². The van der Waals surface area contributed by atoms with Crippen LogP contribution in [0.1, 0.15) is 55.8 Å². The van der Waals surface area contributed by atoms with E-state index in [9.17, 15) is 5.11 Å². The molecule has 0 heterocycles. The molecule has 0 aliphatic heterocycles. The fourth-order valence-corrected chi connectivity index (χ4v) is 3.69. The van der Waals surface area contributed by atoms with Crippen molar-refractivity contribution in [1.82, 2.24) is 0 Å². The van der Waals surface area contributed by atoms with Crippen molar-refractivity contribution < 1.29 is 5.11 Å².